The molecule has 2 atom stereocenters. The number of aromatic nitrogens is 5. The fourth-order valence-corrected chi connectivity index (χ4v) is 3.10. The molecule has 3 aromatic rings. The molecule has 0 aliphatic carbocycles. The summed E-state index contributed by atoms with van der Waals surface area (Å²) < 4.78 is 7.82. The second-order valence-electron chi connectivity index (χ2n) is 6.30. The van der Waals surface area contributed by atoms with E-state index in [9.17, 15) is 0 Å². The number of nitrogens with zero attached hydrogens (tertiary/aromatic N) is 5. The fraction of sp³-hybridized carbons (Fsp3) is 0.412. The maximum atomic E-state index is 5.86. The topological polar surface area (TPSA) is 81.7 Å². The monoisotopic (exact) mass is 324 g/mol. The van der Waals surface area contributed by atoms with Gasteiger partial charge in [-0.15, -0.1) is 10.2 Å². The predicted molar refractivity (Wildman–Crippen MR) is 88.2 cm³/mol. The van der Waals surface area contributed by atoms with Crippen molar-refractivity contribution in [1.82, 2.24) is 30.3 Å². The molecule has 1 aliphatic rings. The predicted octanol–water partition coefficient (Wildman–Crippen LogP) is 2.30. The summed E-state index contributed by atoms with van der Waals surface area (Å²) in [4.78, 5) is 4.26. The Labute approximate surface area is 140 Å². The van der Waals surface area contributed by atoms with E-state index in [1.807, 2.05) is 42.8 Å². The minimum atomic E-state index is -0.00821. The number of aryl methyl sites for hydroxylation is 2. The van der Waals surface area contributed by atoms with Crippen molar-refractivity contribution in [3.63, 3.8) is 0 Å². The molecular formula is C17H20N6O. The summed E-state index contributed by atoms with van der Waals surface area (Å²) >= 11 is 0. The van der Waals surface area contributed by atoms with Crippen molar-refractivity contribution in [2.75, 3.05) is 0 Å². The maximum absolute atomic E-state index is 5.86. The third-order valence-corrected chi connectivity index (χ3v) is 4.37. The lowest BCUT2D eigenvalue weighted by Crippen LogP contribution is -2.39. The van der Waals surface area contributed by atoms with Crippen molar-refractivity contribution in [1.29, 1.82) is 0 Å². The zero-order valence-electron chi connectivity index (χ0n) is 13.8. The highest BCUT2D eigenvalue weighted by atomic mass is 16.4. The van der Waals surface area contributed by atoms with Crippen LogP contribution in [0.5, 0.6) is 0 Å². The molecule has 0 spiro atoms. The molecule has 0 bridgehead atoms. The number of hydrogen-bond acceptors (Lipinski definition) is 6. The van der Waals surface area contributed by atoms with E-state index in [0.717, 1.165) is 30.8 Å². The molecule has 7 nitrogen and oxygen atoms in total. The van der Waals surface area contributed by atoms with Gasteiger partial charge in [0, 0.05) is 18.0 Å². The molecule has 3 heterocycles. The summed E-state index contributed by atoms with van der Waals surface area (Å²) in [7, 11) is 0. The van der Waals surface area contributed by atoms with Gasteiger partial charge in [-0.25, -0.2) is 9.67 Å². The SMILES string of the molecule is Cc1cccc(-c2nnc([C@@H](C)N[C@H]3CCc4ncnn4C3)o2)c1. The van der Waals surface area contributed by atoms with Crippen molar-refractivity contribution < 1.29 is 4.42 Å². The molecule has 1 aromatic carbocycles. The Morgan fingerprint density at radius 1 is 1.33 bits per heavy atom. The number of benzene rings is 1. The van der Waals surface area contributed by atoms with Gasteiger partial charge < -0.3 is 9.73 Å². The third kappa shape index (κ3) is 2.94. The minimum absolute atomic E-state index is 0.00821. The van der Waals surface area contributed by atoms with Gasteiger partial charge in [-0.3, -0.25) is 0 Å². The minimum Gasteiger partial charge on any atom is -0.419 e. The Morgan fingerprint density at radius 2 is 2.25 bits per heavy atom. The summed E-state index contributed by atoms with van der Waals surface area (Å²) in [5.41, 5.74) is 2.12. The molecule has 0 saturated carbocycles. The van der Waals surface area contributed by atoms with E-state index < -0.39 is 0 Å². The van der Waals surface area contributed by atoms with Crippen LogP contribution in [0.1, 0.15) is 36.7 Å². The van der Waals surface area contributed by atoms with Crippen molar-refractivity contribution >= 4 is 0 Å². The first-order chi connectivity index (χ1) is 11.7. The Balaban J connectivity index is 1.45. The molecular weight excluding hydrogens is 304 g/mol. The number of hydrogen-bond donors (Lipinski definition) is 1. The second-order valence-corrected chi connectivity index (χ2v) is 6.30. The lowest BCUT2D eigenvalue weighted by molar-refractivity contribution is 0.310. The lowest BCUT2D eigenvalue weighted by atomic mass is 10.1. The number of nitrogens with one attached hydrogen (secondary N) is 1. The highest BCUT2D eigenvalue weighted by Crippen LogP contribution is 2.22. The van der Waals surface area contributed by atoms with Crippen LogP contribution in [0, 0.1) is 6.92 Å². The van der Waals surface area contributed by atoms with E-state index in [1.165, 1.54) is 5.56 Å². The molecule has 1 N–H and O–H groups in total. The molecule has 2 aromatic heterocycles. The largest absolute Gasteiger partial charge is 0.419 e. The van der Waals surface area contributed by atoms with Gasteiger partial charge in [0.1, 0.15) is 12.2 Å². The van der Waals surface area contributed by atoms with Gasteiger partial charge in [0.2, 0.25) is 11.8 Å². The van der Waals surface area contributed by atoms with Gasteiger partial charge in [0.15, 0.2) is 0 Å². The van der Waals surface area contributed by atoms with Crippen LogP contribution in [-0.2, 0) is 13.0 Å². The lowest BCUT2D eigenvalue weighted by Gasteiger charge is -2.25. The van der Waals surface area contributed by atoms with Crippen LogP contribution in [0.3, 0.4) is 0 Å². The standard InChI is InChI=1S/C17H20N6O/c1-11-4-3-5-13(8-11)17-22-21-16(24-17)12(2)20-14-6-7-15-18-10-19-23(15)9-14/h3-5,8,10,12,14,20H,6-7,9H2,1-2H3/t12-,14+/m1/s1. The third-order valence-electron chi connectivity index (χ3n) is 4.37. The van der Waals surface area contributed by atoms with Crippen LogP contribution in [0.2, 0.25) is 0 Å². The number of fused-ring (bicyclic) bond motifs is 1. The zero-order valence-corrected chi connectivity index (χ0v) is 13.8. The van der Waals surface area contributed by atoms with Crippen molar-refractivity contribution in [3.05, 3.63) is 47.9 Å². The molecule has 7 heteroatoms. The van der Waals surface area contributed by atoms with Crippen LogP contribution >= 0.6 is 0 Å². The molecule has 0 unspecified atom stereocenters. The Hall–Kier alpha value is -2.54. The van der Waals surface area contributed by atoms with Crippen LogP contribution in [0.25, 0.3) is 11.5 Å². The van der Waals surface area contributed by atoms with Crippen LogP contribution in [0.4, 0.5) is 0 Å². The van der Waals surface area contributed by atoms with E-state index in [1.54, 1.807) is 6.33 Å². The van der Waals surface area contributed by atoms with E-state index in [4.69, 9.17) is 4.42 Å². The quantitative estimate of drug-likeness (QED) is 0.793. The molecule has 24 heavy (non-hydrogen) atoms. The maximum Gasteiger partial charge on any atom is 0.247 e. The van der Waals surface area contributed by atoms with Crippen LogP contribution in [0.15, 0.2) is 35.0 Å². The van der Waals surface area contributed by atoms with Crippen LogP contribution < -0.4 is 5.32 Å². The molecule has 0 saturated heterocycles. The molecule has 124 valence electrons. The Kier molecular flexibility index (Phi) is 3.86. The zero-order chi connectivity index (χ0) is 16.5. The average Bonchev–Trinajstić information content (AvgIpc) is 3.24. The summed E-state index contributed by atoms with van der Waals surface area (Å²) in [6.07, 6.45) is 3.58. The summed E-state index contributed by atoms with van der Waals surface area (Å²) in [5.74, 6) is 2.22. The van der Waals surface area contributed by atoms with Gasteiger partial charge in [0.05, 0.1) is 12.6 Å². The van der Waals surface area contributed by atoms with E-state index in [2.05, 4.69) is 25.6 Å². The molecule has 0 radical (unpaired) electrons. The van der Waals surface area contributed by atoms with E-state index >= 15 is 0 Å². The van der Waals surface area contributed by atoms with Crippen molar-refractivity contribution in [2.24, 2.45) is 0 Å². The molecule has 4 rings (SSSR count). The molecule has 1 aliphatic heterocycles. The van der Waals surface area contributed by atoms with Gasteiger partial charge in [0.25, 0.3) is 0 Å². The smallest absolute Gasteiger partial charge is 0.247 e. The first kappa shape index (κ1) is 15.0. The van der Waals surface area contributed by atoms with Crippen molar-refractivity contribution in [2.45, 2.75) is 45.3 Å². The van der Waals surface area contributed by atoms with Gasteiger partial charge in [-0.05, 0) is 32.4 Å². The van der Waals surface area contributed by atoms with Gasteiger partial charge in [-0.1, -0.05) is 17.7 Å². The van der Waals surface area contributed by atoms with Crippen molar-refractivity contribution in [3.8, 4) is 11.5 Å². The first-order valence-electron chi connectivity index (χ1n) is 8.22. The second kappa shape index (κ2) is 6.16. The van der Waals surface area contributed by atoms with E-state index in [-0.39, 0.29) is 6.04 Å². The van der Waals surface area contributed by atoms with Crippen LogP contribution in [-0.4, -0.2) is 31.0 Å². The fourth-order valence-electron chi connectivity index (χ4n) is 3.10. The summed E-state index contributed by atoms with van der Waals surface area (Å²) in [5, 5.41) is 16.2. The summed E-state index contributed by atoms with van der Waals surface area (Å²) in [6, 6.07) is 8.38. The van der Waals surface area contributed by atoms with E-state index in [0.29, 0.717) is 17.8 Å². The van der Waals surface area contributed by atoms with Gasteiger partial charge >= 0.3 is 0 Å². The molecule has 0 amide bonds. The first-order valence-corrected chi connectivity index (χ1v) is 8.22. The highest BCUT2D eigenvalue weighted by molar-refractivity contribution is 5.53. The normalized spacial score (nSPS) is 18.3. The molecule has 0 fully saturated rings. The number of rotatable bonds is 4. The Bertz CT molecular complexity index is 839. The van der Waals surface area contributed by atoms with Gasteiger partial charge in [-0.2, -0.15) is 5.10 Å². The summed E-state index contributed by atoms with van der Waals surface area (Å²) in [6.45, 7) is 4.91. The Morgan fingerprint density at radius 3 is 3.12 bits per heavy atom. The average molecular weight is 324 g/mol. The highest BCUT2D eigenvalue weighted by Gasteiger charge is 2.23.